The molecule has 2 aromatic heterocycles. The van der Waals surface area contributed by atoms with E-state index >= 15 is 0 Å². The van der Waals surface area contributed by atoms with E-state index in [-0.39, 0.29) is 16.7 Å². The normalized spacial score (nSPS) is 10.8. The molecule has 0 unspecified atom stereocenters. The quantitative estimate of drug-likeness (QED) is 0.744. The minimum Gasteiger partial charge on any atom is -0.475 e. The first-order valence-corrected chi connectivity index (χ1v) is 4.97. The molecule has 0 fully saturated rings. The van der Waals surface area contributed by atoms with E-state index in [4.69, 9.17) is 16.3 Å². The molecule has 0 radical (unpaired) electrons. The third-order valence-corrected chi connectivity index (χ3v) is 2.03. The van der Waals surface area contributed by atoms with Crippen LogP contribution < -0.4 is 4.74 Å². The lowest BCUT2D eigenvalue weighted by molar-refractivity contribution is 0.296. The van der Waals surface area contributed by atoms with Crippen molar-refractivity contribution in [2.75, 3.05) is 6.61 Å². The van der Waals surface area contributed by atoms with E-state index in [1.54, 1.807) is 0 Å². The first kappa shape index (κ1) is 10.1. The van der Waals surface area contributed by atoms with Crippen molar-refractivity contribution in [1.29, 1.82) is 0 Å². The van der Waals surface area contributed by atoms with Crippen LogP contribution in [0.4, 0.5) is 0 Å². The molecule has 0 saturated carbocycles. The number of unbranched alkanes of at least 4 members (excludes halogenated alkanes) is 1. The van der Waals surface area contributed by atoms with E-state index < -0.39 is 0 Å². The third-order valence-electron chi connectivity index (χ3n) is 1.78. The minimum absolute atomic E-state index is 0.175. The Morgan fingerprint density at radius 2 is 2.00 bits per heavy atom. The Morgan fingerprint density at radius 1 is 1.27 bits per heavy atom. The van der Waals surface area contributed by atoms with Gasteiger partial charge in [-0.15, -0.1) is 0 Å². The fourth-order valence-corrected chi connectivity index (χ4v) is 1.19. The highest BCUT2D eigenvalue weighted by atomic mass is 35.5. The zero-order valence-electron chi connectivity index (χ0n) is 8.10. The van der Waals surface area contributed by atoms with E-state index in [0.717, 1.165) is 12.8 Å². The Labute approximate surface area is 90.6 Å². The Bertz CT molecular complexity index is 459. The zero-order chi connectivity index (χ0) is 10.7. The maximum atomic E-state index is 5.83. The molecule has 80 valence electrons. The van der Waals surface area contributed by atoms with Crippen molar-refractivity contribution in [2.24, 2.45) is 0 Å². The van der Waals surface area contributed by atoms with Crippen LogP contribution in [0.1, 0.15) is 19.8 Å². The highest BCUT2D eigenvalue weighted by Crippen LogP contribution is 2.21. The fraction of sp³-hybridized carbons (Fsp3) is 0.500. The lowest BCUT2D eigenvalue weighted by Gasteiger charge is -2.03. The summed E-state index contributed by atoms with van der Waals surface area (Å²) in [7, 11) is 0. The van der Waals surface area contributed by atoms with Crippen LogP contribution in [0, 0.1) is 0 Å². The van der Waals surface area contributed by atoms with Gasteiger partial charge in [0.05, 0.1) is 6.61 Å². The number of halogens is 1. The lowest BCUT2D eigenvalue weighted by Crippen LogP contribution is -2.00. The van der Waals surface area contributed by atoms with Crippen molar-refractivity contribution in [3.63, 3.8) is 0 Å². The highest BCUT2D eigenvalue weighted by molar-refractivity contribution is 6.30. The number of rotatable bonds is 4. The maximum Gasteiger partial charge on any atom is 0.254 e. The van der Waals surface area contributed by atoms with Gasteiger partial charge >= 0.3 is 0 Å². The standard InChI is InChI=1S/C8H9ClN4O2/c1-2-3-4-14-8-5(9)10-6-7(11-8)13-15-12-6/h2-4H2,1H3. The van der Waals surface area contributed by atoms with E-state index in [1.807, 2.05) is 0 Å². The molecule has 0 aliphatic rings. The SMILES string of the molecule is CCCCOc1nc2nonc2nc1Cl. The minimum atomic E-state index is 0.175. The van der Waals surface area contributed by atoms with Crippen LogP contribution in [0.5, 0.6) is 5.88 Å². The molecule has 0 aromatic carbocycles. The molecule has 6 nitrogen and oxygen atoms in total. The van der Waals surface area contributed by atoms with Crippen LogP contribution in [-0.4, -0.2) is 26.9 Å². The van der Waals surface area contributed by atoms with Gasteiger partial charge in [-0.3, -0.25) is 0 Å². The van der Waals surface area contributed by atoms with Crippen LogP contribution in [0.15, 0.2) is 4.63 Å². The summed E-state index contributed by atoms with van der Waals surface area (Å²) in [5, 5.41) is 7.24. The first-order chi connectivity index (χ1) is 7.31. The second kappa shape index (κ2) is 4.39. The molecule has 2 aromatic rings. The van der Waals surface area contributed by atoms with E-state index in [0.29, 0.717) is 12.3 Å². The summed E-state index contributed by atoms with van der Waals surface area (Å²) in [6, 6.07) is 0. The van der Waals surface area contributed by atoms with Gasteiger partial charge in [0.2, 0.25) is 11.3 Å². The topological polar surface area (TPSA) is 73.9 Å². The van der Waals surface area contributed by atoms with Crippen molar-refractivity contribution in [1.82, 2.24) is 20.3 Å². The molecule has 0 aliphatic carbocycles. The van der Waals surface area contributed by atoms with Crippen molar-refractivity contribution in [3.8, 4) is 5.88 Å². The van der Waals surface area contributed by atoms with Crippen molar-refractivity contribution >= 4 is 22.9 Å². The number of hydrogen-bond donors (Lipinski definition) is 0. The lowest BCUT2D eigenvalue weighted by atomic mass is 10.4. The smallest absolute Gasteiger partial charge is 0.254 e. The van der Waals surface area contributed by atoms with Crippen LogP contribution in [0.2, 0.25) is 5.15 Å². The van der Waals surface area contributed by atoms with Gasteiger partial charge in [0.15, 0.2) is 5.15 Å². The molecule has 0 bridgehead atoms. The molecule has 2 heterocycles. The molecule has 0 amide bonds. The molecule has 15 heavy (non-hydrogen) atoms. The van der Waals surface area contributed by atoms with Crippen molar-refractivity contribution in [2.45, 2.75) is 19.8 Å². The monoisotopic (exact) mass is 228 g/mol. The van der Waals surface area contributed by atoms with Gasteiger partial charge in [0.25, 0.3) is 5.88 Å². The zero-order valence-corrected chi connectivity index (χ0v) is 8.86. The van der Waals surface area contributed by atoms with Crippen LogP contribution >= 0.6 is 11.6 Å². The molecule has 0 saturated heterocycles. The molecule has 0 spiro atoms. The van der Waals surface area contributed by atoms with Gasteiger partial charge in [0.1, 0.15) is 0 Å². The van der Waals surface area contributed by atoms with Gasteiger partial charge in [-0.25, -0.2) is 9.61 Å². The predicted octanol–water partition coefficient (Wildman–Crippen LogP) is 1.85. The summed E-state index contributed by atoms with van der Waals surface area (Å²) >= 11 is 5.83. The largest absolute Gasteiger partial charge is 0.475 e. The Balaban J connectivity index is 2.22. The molecule has 0 N–H and O–H groups in total. The Morgan fingerprint density at radius 3 is 2.73 bits per heavy atom. The molecule has 0 atom stereocenters. The average Bonchev–Trinajstić information content (AvgIpc) is 2.65. The van der Waals surface area contributed by atoms with E-state index in [9.17, 15) is 0 Å². The molecule has 0 aliphatic heterocycles. The average molecular weight is 229 g/mol. The number of ether oxygens (including phenoxy) is 1. The summed E-state index contributed by atoms with van der Waals surface area (Å²) in [5.74, 6) is 0.272. The number of nitrogens with zero attached hydrogens (tertiary/aromatic N) is 4. The number of fused-ring (bicyclic) bond motifs is 1. The number of aromatic nitrogens is 4. The summed E-state index contributed by atoms with van der Waals surface area (Å²) in [4.78, 5) is 7.95. The third kappa shape index (κ3) is 2.15. The number of hydrogen-bond acceptors (Lipinski definition) is 6. The van der Waals surface area contributed by atoms with Crippen LogP contribution in [0.25, 0.3) is 11.3 Å². The maximum absolute atomic E-state index is 5.83. The molecule has 7 heteroatoms. The van der Waals surface area contributed by atoms with Gasteiger partial charge in [-0.05, 0) is 16.7 Å². The van der Waals surface area contributed by atoms with Crippen LogP contribution in [-0.2, 0) is 0 Å². The highest BCUT2D eigenvalue weighted by Gasteiger charge is 2.11. The Kier molecular flexibility index (Phi) is 2.96. The van der Waals surface area contributed by atoms with E-state index in [1.165, 1.54) is 0 Å². The van der Waals surface area contributed by atoms with Crippen molar-refractivity contribution < 1.29 is 9.37 Å². The van der Waals surface area contributed by atoms with Crippen molar-refractivity contribution in [3.05, 3.63) is 5.15 Å². The van der Waals surface area contributed by atoms with Gasteiger partial charge in [-0.1, -0.05) is 24.9 Å². The molecular formula is C8H9ClN4O2. The summed E-state index contributed by atoms with van der Waals surface area (Å²) in [5.41, 5.74) is 0.578. The molecular weight excluding hydrogens is 220 g/mol. The van der Waals surface area contributed by atoms with Gasteiger partial charge in [-0.2, -0.15) is 4.98 Å². The second-order valence-corrected chi connectivity index (χ2v) is 3.29. The predicted molar refractivity (Wildman–Crippen MR) is 52.8 cm³/mol. The van der Waals surface area contributed by atoms with E-state index in [2.05, 4.69) is 31.8 Å². The van der Waals surface area contributed by atoms with Crippen LogP contribution in [0.3, 0.4) is 0 Å². The summed E-state index contributed by atoms with van der Waals surface area (Å²) < 4.78 is 9.80. The first-order valence-electron chi connectivity index (χ1n) is 4.60. The summed E-state index contributed by atoms with van der Waals surface area (Å²) in [6.45, 7) is 2.63. The molecule has 2 rings (SSSR count). The summed E-state index contributed by atoms with van der Waals surface area (Å²) in [6.07, 6.45) is 1.98. The Hall–Kier alpha value is -1.43. The van der Waals surface area contributed by atoms with Gasteiger partial charge < -0.3 is 4.74 Å². The second-order valence-electron chi connectivity index (χ2n) is 2.93. The van der Waals surface area contributed by atoms with Gasteiger partial charge in [0, 0.05) is 0 Å². The fourth-order valence-electron chi connectivity index (χ4n) is 1.01.